The van der Waals surface area contributed by atoms with Crippen LogP contribution < -0.4 is 25.9 Å². The lowest BCUT2D eigenvalue weighted by Crippen LogP contribution is -2.55. The number of fused-ring (bicyclic) bond motifs is 4. The van der Waals surface area contributed by atoms with E-state index in [0.29, 0.717) is 11.6 Å². The summed E-state index contributed by atoms with van der Waals surface area (Å²) in [4.78, 5) is 0. The first-order valence-corrected chi connectivity index (χ1v) is 11.3. The van der Waals surface area contributed by atoms with Gasteiger partial charge in [0.05, 0.1) is 0 Å². The normalized spacial score (nSPS) is 14.6. The Morgan fingerprint density at radius 3 is 1.94 bits per heavy atom. The Labute approximate surface area is 190 Å². The van der Waals surface area contributed by atoms with Crippen LogP contribution in [-0.4, -0.2) is 6.71 Å². The van der Waals surface area contributed by atoms with Gasteiger partial charge in [0.2, 0.25) is 0 Å². The molecule has 5 rings (SSSR count). The maximum absolute atomic E-state index is 6.48. The highest BCUT2D eigenvalue weighted by Gasteiger charge is 2.39. The Balaban J connectivity index is 1.76. The van der Waals surface area contributed by atoms with Crippen LogP contribution in [0.4, 0.5) is 0 Å². The first-order valence-electron chi connectivity index (χ1n) is 10.9. The van der Waals surface area contributed by atoms with E-state index in [1.807, 2.05) is 12.1 Å². The summed E-state index contributed by atoms with van der Waals surface area (Å²) in [5, 5.41) is 0.674. The molecule has 0 saturated heterocycles. The quantitative estimate of drug-likeness (QED) is 0.345. The first kappa shape index (κ1) is 20.5. The summed E-state index contributed by atoms with van der Waals surface area (Å²) < 4.78 is 12.8. The molecule has 158 valence electrons. The molecule has 0 atom stereocenters. The number of halogens is 1. The molecule has 3 aromatic rings. The van der Waals surface area contributed by atoms with E-state index in [2.05, 4.69) is 77.9 Å². The van der Waals surface area contributed by atoms with E-state index in [1.165, 1.54) is 27.5 Å². The van der Waals surface area contributed by atoms with Crippen LogP contribution in [0.15, 0.2) is 48.5 Å². The molecule has 0 amide bonds. The second-order valence-electron chi connectivity index (χ2n) is 10.8. The van der Waals surface area contributed by atoms with Gasteiger partial charge in [-0.25, -0.2) is 0 Å². The third-order valence-corrected chi connectivity index (χ3v) is 6.68. The fraction of sp³-hybridized carbons (Fsp3) is 0.333. The van der Waals surface area contributed by atoms with Gasteiger partial charge < -0.3 is 9.47 Å². The van der Waals surface area contributed by atoms with Gasteiger partial charge in [0, 0.05) is 5.02 Å². The van der Waals surface area contributed by atoms with Crippen LogP contribution in [0.25, 0.3) is 0 Å². The van der Waals surface area contributed by atoms with Crippen LogP contribution in [0.5, 0.6) is 17.2 Å². The van der Waals surface area contributed by atoms with Crippen molar-refractivity contribution in [1.29, 1.82) is 0 Å². The topological polar surface area (TPSA) is 18.5 Å². The molecular formula is C27H28BClO2. The van der Waals surface area contributed by atoms with E-state index < -0.39 is 0 Å². The van der Waals surface area contributed by atoms with Crippen molar-refractivity contribution in [3.8, 4) is 17.2 Å². The predicted molar refractivity (Wildman–Crippen MR) is 131 cm³/mol. The van der Waals surface area contributed by atoms with Crippen molar-refractivity contribution in [2.45, 2.75) is 59.0 Å². The minimum atomic E-state index is 0.0459. The van der Waals surface area contributed by atoms with E-state index in [0.717, 1.165) is 22.8 Å². The molecule has 4 heteroatoms. The molecule has 0 bridgehead atoms. The van der Waals surface area contributed by atoms with E-state index in [1.54, 1.807) is 0 Å². The minimum absolute atomic E-state index is 0.0459. The van der Waals surface area contributed by atoms with E-state index in [9.17, 15) is 0 Å². The van der Waals surface area contributed by atoms with Gasteiger partial charge in [-0.2, -0.15) is 0 Å². The van der Waals surface area contributed by atoms with Gasteiger partial charge in [-0.1, -0.05) is 77.4 Å². The summed E-state index contributed by atoms with van der Waals surface area (Å²) >= 11 is 6.48. The molecule has 2 nitrogen and oxygen atoms in total. The Bertz CT molecular complexity index is 1200. The Morgan fingerprint density at radius 2 is 1.32 bits per heavy atom. The lowest BCUT2D eigenvalue weighted by molar-refractivity contribution is 0.309. The molecule has 0 aromatic heterocycles. The molecular weight excluding hydrogens is 403 g/mol. The van der Waals surface area contributed by atoms with Gasteiger partial charge in [-0.15, -0.1) is 0 Å². The van der Waals surface area contributed by atoms with Crippen molar-refractivity contribution >= 4 is 34.7 Å². The maximum Gasteiger partial charge on any atom is 0.256 e. The summed E-state index contributed by atoms with van der Waals surface area (Å²) in [5.41, 5.74) is 7.25. The smallest absolute Gasteiger partial charge is 0.256 e. The third-order valence-electron chi connectivity index (χ3n) is 6.47. The maximum atomic E-state index is 6.48. The summed E-state index contributed by atoms with van der Waals surface area (Å²) in [6.07, 6.45) is 0. The molecule has 2 heterocycles. The zero-order valence-electron chi connectivity index (χ0n) is 19.1. The zero-order chi connectivity index (χ0) is 22.1. The largest absolute Gasteiger partial charge is 0.489 e. The second-order valence-corrected chi connectivity index (χ2v) is 11.2. The van der Waals surface area contributed by atoms with Crippen molar-refractivity contribution in [3.05, 3.63) is 70.2 Å². The van der Waals surface area contributed by atoms with Crippen LogP contribution >= 0.6 is 11.6 Å². The SMILES string of the molecule is CC(C)(C)c1ccc2c(c1)OCc1cc(Cl)cc3c1B2c1ccc(C(C)(C)C)cc1O3. The molecule has 0 spiro atoms. The van der Waals surface area contributed by atoms with E-state index >= 15 is 0 Å². The fourth-order valence-corrected chi connectivity index (χ4v) is 4.85. The molecule has 0 aliphatic carbocycles. The highest BCUT2D eigenvalue weighted by Crippen LogP contribution is 2.35. The Morgan fingerprint density at radius 1 is 0.742 bits per heavy atom. The highest BCUT2D eigenvalue weighted by molar-refractivity contribution is 6.97. The number of hydrogen-bond donors (Lipinski definition) is 0. The molecule has 0 fully saturated rings. The molecule has 2 aliphatic heterocycles. The average molecular weight is 431 g/mol. The summed E-state index contributed by atoms with van der Waals surface area (Å²) in [6, 6.07) is 17.3. The van der Waals surface area contributed by atoms with Gasteiger partial charge in [-0.05, 0) is 68.2 Å². The average Bonchev–Trinajstić information content (AvgIpc) is 2.84. The van der Waals surface area contributed by atoms with Crippen molar-refractivity contribution in [2.75, 3.05) is 0 Å². The summed E-state index contributed by atoms with van der Waals surface area (Å²) in [5.74, 6) is 2.69. The highest BCUT2D eigenvalue weighted by atomic mass is 35.5. The van der Waals surface area contributed by atoms with Crippen LogP contribution in [0.1, 0.15) is 58.2 Å². The zero-order valence-corrected chi connectivity index (χ0v) is 19.9. The van der Waals surface area contributed by atoms with Crippen molar-refractivity contribution in [3.63, 3.8) is 0 Å². The standard InChI is InChI=1S/C27H28BClO2/c1-26(2,3)17-7-9-20-22(12-17)30-15-16-11-19(29)14-24-25(16)28(20)21-10-8-18(27(4,5)6)13-23(21)31-24/h7-14H,15H2,1-6H3. The van der Waals surface area contributed by atoms with Gasteiger partial charge in [0.25, 0.3) is 6.71 Å². The van der Waals surface area contributed by atoms with Crippen LogP contribution in [0.3, 0.4) is 0 Å². The van der Waals surface area contributed by atoms with Crippen LogP contribution in [-0.2, 0) is 17.4 Å². The Hall–Kier alpha value is -2.39. The number of rotatable bonds is 0. The molecule has 31 heavy (non-hydrogen) atoms. The van der Waals surface area contributed by atoms with Crippen molar-refractivity contribution < 1.29 is 9.47 Å². The second kappa shape index (κ2) is 6.80. The van der Waals surface area contributed by atoms with Crippen molar-refractivity contribution in [1.82, 2.24) is 0 Å². The van der Waals surface area contributed by atoms with Crippen molar-refractivity contribution in [2.24, 2.45) is 0 Å². The molecule has 0 saturated carbocycles. The monoisotopic (exact) mass is 430 g/mol. The minimum Gasteiger partial charge on any atom is -0.489 e. The number of hydrogen-bond acceptors (Lipinski definition) is 2. The van der Waals surface area contributed by atoms with Gasteiger partial charge >= 0.3 is 0 Å². The number of benzene rings is 3. The lowest BCUT2D eigenvalue weighted by atomic mass is 9.35. The lowest BCUT2D eigenvalue weighted by Gasteiger charge is -2.30. The van der Waals surface area contributed by atoms with Crippen LogP contribution in [0, 0.1) is 0 Å². The molecule has 0 N–H and O–H groups in total. The van der Waals surface area contributed by atoms with Gasteiger partial charge in [0.15, 0.2) is 0 Å². The Kier molecular flexibility index (Phi) is 4.50. The number of ether oxygens (including phenoxy) is 2. The fourth-order valence-electron chi connectivity index (χ4n) is 4.62. The molecule has 3 aromatic carbocycles. The summed E-state index contributed by atoms with van der Waals surface area (Å²) in [6.45, 7) is 13.9. The first-order chi connectivity index (χ1) is 14.5. The van der Waals surface area contributed by atoms with Gasteiger partial charge in [-0.3, -0.25) is 0 Å². The predicted octanol–water partition coefficient (Wildman–Crippen LogP) is 5.45. The molecule has 2 aliphatic rings. The molecule has 0 unspecified atom stereocenters. The van der Waals surface area contributed by atoms with Crippen LogP contribution in [0.2, 0.25) is 5.02 Å². The van der Waals surface area contributed by atoms with E-state index in [4.69, 9.17) is 21.1 Å². The molecule has 0 radical (unpaired) electrons. The van der Waals surface area contributed by atoms with E-state index in [-0.39, 0.29) is 17.5 Å². The van der Waals surface area contributed by atoms with Gasteiger partial charge in [0.1, 0.15) is 23.9 Å². The summed E-state index contributed by atoms with van der Waals surface area (Å²) in [7, 11) is 0. The third kappa shape index (κ3) is 3.44.